The molecule has 1 aliphatic heterocycles. The highest BCUT2D eigenvalue weighted by Crippen LogP contribution is 2.50. The van der Waals surface area contributed by atoms with E-state index in [0.29, 0.717) is 29.6 Å². The average Bonchev–Trinajstić information content (AvgIpc) is 3.63. The lowest BCUT2D eigenvalue weighted by molar-refractivity contribution is -0.134. The second-order valence-corrected chi connectivity index (χ2v) is 15.0. The fourth-order valence-corrected chi connectivity index (χ4v) is 6.80. The topological polar surface area (TPSA) is 125 Å². The maximum atomic E-state index is 14.7. The Morgan fingerprint density at radius 2 is 1.72 bits per heavy atom. The lowest BCUT2D eigenvalue weighted by Crippen LogP contribution is -2.51. The van der Waals surface area contributed by atoms with E-state index in [4.69, 9.17) is 9.73 Å². The molecule has 46 heavy (non-hydrogen) atoms. The molecule has 5 rings (SSSR count). The number of benzene rings is 2. The van der Waals surface area contributed by atoms with Crippen LogP contribution in [0.3, 0.4) is 0 Å². The molecule has 2 aliphatic rings. The van der Waals surface area contributed by atoms with Gasteiger partial charge in [-0.25, -0.2) is 0 Å². The number of carbonyl (C=O) groups excluding carboxylic acids is 2. The molecule has 2 amide bonds. The van der Waals surface area contributed by atoms with Gasteiger partial charge >= 0.3 is 0 Å². The van der Waals surface area contributed by atoms with Crippen LogP contribution in [0.5, 0.6) is 5.75 Å². The van der Waals surface area contributed by atoms with Gasteiger partial charge in [-0.3, -0.25) is 14.6 Å². The molecule has 0 saturated heterocycles. The first-order valence-corrected chi connectivity index (χ1v) is 16.6. The zero-order valence-corrected chi connectivity index (χ0v) is 28.4. The van der Waals surface area contributed by atoms with Crippen molar-refractivity contribution in [2.45, 2.75) is 105 Å². The highest BCUT2D eigenvalue weighted by Gasteiger charge is 2.52. The monoisotopic (exact) mass is 627 g/mol. The van der Waals surface area contributed by atoms with Crippen molar-refractivity contribution in [2.75, 3.05) is 6.61 Å². The molecule has 2 heterocycles. The van der Waals surface area contributed by atoms with Gasteiger partial charge in [-0.1, -0.05) is 58.9 Å². The van der Waals surface area contributed by atoms with Crippen LogP contribution in [0.1, 0.15) is 120 Å². The van der Waals surface area contributed by atoms with Crippen molar-refractivity contribution in [2.24, 2.45) is 21.7 Å². The normalized spacial score (nSPS) is 20.9. The van der Waals surface area contributed by atoms with Crippen molar-refractivity contribution < 1.29 is 14.3 Å². The van der Waals surface area contributed by atoms with Crippen LogP contribution in [0.2, 0.25) is 0 Å². The molecule has 0 bridgehead atoms. The SMILES string of the molecule is CCOc1ccc(C2=NC3(CCC(C(C)(C)C)CC3)N([C@H](CCC(C)(C)C)c3ccc(C(=O)NCc4nn[nH]n4)cc3)C2=O)cc1. The Morgan fingerprint density at radius 3 is 2.28 bits per heavy atom. The molecule has 1 aliphatic carbocycles. The predicted octanol–water partition coefficient (Wildman–Crippen LogP) is 6.66. The van der Waals surface area contributed by atoms with Crippen LogP contribution in [0.4, 0.5) is 0 Å². The number of H-pyrrole nitrogens is 1. The van der Waals surface area contributed by atoms with Crippen LogP contribution in [-0.4, -0.2) is 55.3 Å². The molecule has 1 atom stereocenters. The van der Waals surface area contributed by atoms with Crippen LogP contribution in [0, 0.1) is 16.7 Å². The van der Waals surface area contributed by atoms with Crippen molar-refractivity contribution in [3.8, 4) is 5.75 Å². The molecule has 10 heteroatoms. The van der Waals surface area contributed by atoms with Crippen molar-refractivity contribution in [1.82, 2.24) is 30.8 Å². The molecule has 1 spiro atoms. The standard InChI is InChI=1S/C36H49N7O3/c1-8-46-28-15-13-25(14-16-28)31-33(45)43(36(38-31)21-17-27(18-22-36)35(5,6)7)29(19-20-34(2,3)4)24-9-11-26(12-10-24)32(44)37-23-30-39-41-42-40-30/h9-16,27,29H,8,17-23H2,1-7H3,(H,37,44)(H,39,40,41,42)/t27?,29-,36?/m1/s1. The zero-order chi connectivity index (χ0) is 33.1. The Labute approximate surface area is 272 Å². The average molecular weight is 628 g/mol. The first kappa shape index (κ1) is 33.3. The quantitative estimate of drug-likeness (QED) is 0.259. The summed E-state index contributed by atoms with van der Waals surface area (Å²) in [5.41, 5.74) is 2.53. The fraction of sp³-hybridized carbons (Fsp3) is 0.556. The number of hydrogen-bond donors (Lipinski definition) is 2. The molecule has 1 aromatic heterocycles. The number of rotatable bonds is 10. The Kier molecular flexibility index (Phi) is 9.65. The number of nitrogens with one attached hydrogen (secondary N) is 2. The summed E-state index contributed by atoms with van der Waals surface area (Å²) in [7, 11) is 0. The molecule has 3 aromatic rings. The van der Waals surface area contributed by atoms with Gasteiger partial charge in [-0.2, -0.15) is 5.21 Å². The Bertz CT molecular complexity index is 1510. The summed E-state index contributed by atoms with van der Waals surface area (Å²) < 4.78 is 5.67. The molecule has 0 unspecified atom stereocenters. The third-order valence-electron chi connectivity index (χ3n) is 9.47. The Hall–Kier alpha value is -4.08. The van der Waals surface area contributed by atoms with Crippen LogP contribution < -0.4 is 10.1 Å². The number of aliphatic imine (C=N–C) groups is 1. The number of nitrogens with zero attached hydrogens (tertiary/aromatic N) is 5. The summed E-state index contributed by atoms with van der Waals surface area (Å²) in [4.78, 5) is 35.0. The van der Waals surface area contributed by atoms with Crippen molar-refractivity contribution in [3.63, 3.8) is 0 Å². The second kappa shape index (κ2) is 13.3. The number of carbonyl (C=O) groups is 2. The van der Waals surface area contributed by atoms with E-state index in [1.807, 2.05) is 55.5 Å². The predicted molar refractivity (Wildman–Crippen MR) is 178 cm³/mol. The van der Waals surface area contributed by atoms with Gasteiger partial charge in [0, 0.05) is 11.1 Å². The van der Waals surface area contributed by atoms with Crippen molar-refractivity contribution in [3.05, 3.63) is 71.0 Å². The molecule has 1 saturated carbocycles. The van der Waals surface area contributed by atoms with Gasteiger partial charge in [0.15, 0.2) is 5.82 Å². The van der Waals surface area contributed by atoms with Crippen molar-refractivity contribution >= 4 is 17.5 Å². The van der Waals surface area contributed by atoms with Gasteiger partial charge in [0.2, 0.25) is 0 Å². The summed E-state index contributed by atoms with van der Waals surface area (Å²) in [5, 5.41) is 16.6. The first-order chi connectivity index (χ1) is 21.8. The zero-order valence-electron chi connectivity index (χ0n) is 28.4. The molecule has 10 nitrogen and oxygen atoms in total. The summed E-state index contributed by atoms with van der Waals surface area (Å²) in [6, 6.07) is 15.2. The number of hydrogen-bond acceptors (Lipinski definition) is 7. The van der Waals surface area contributed by atoms with Crippen LogP contribution in [0.25, 0.3) is 0 Å². The van der Waals surface area contributed by atoms with E-state index in [0.717, 1.165) is 55.4 Å². The van der Waals surface area contributed by atoms with Gasteiger partial charge in [0.25, 0.3) is 11.8 Å². The van der Waals surface area contributed by atoms with Crippen LogP contribution >= 0.6 is 0 Å². The van der Waals surface area contributed by atoms with E-state index in [1.54, 1.807) is 0 Å². The molecule has 2 N–H and O–H groups in total. The highest BCUT2D eigenvalue weighted by molar-refractivity contribution is 6.46. The summed E-state index contributed by atoms with van der Waals surface area (Å²) in [6.45, 7) is 16.4. The molecule has 246 valence electrons. The number of aromatic nitrogens is 4. The van der Waals surface area contributed by atoms with Crippen molar-refractivity contribution in [1.29, 1.82) is 0 Å². The van der Waals surface area contributed by atoms with Gasteiger partial charge in [0.05, 0.1) is 19.2 Å². The summed E-state index contributed by atoms with van der Waals surface area (Å²) in [5.74, 6) is 1.50. The lowest BCUT2D eigenvalue weighted by atomic mass is 9.69. The maximum absolute atomic E-state index is 14.7. The molecule has 0 radical (unpaired) electrons. The maximum Gasteiger partial charge on any atom is 0.275 e. The smallest absolute Gasteiger partial charge is 0.275 e. The van der Waals surface area contributed by atoms with E-state index < -0.39 is 5.66 Å². The number of tetrazole rings is 1. The van der Waals surface area contributed by atoms with Gasteiger partial charge < -0.3 is 15.0 Å². The minimum absolute atomic E-state index is 0.0285. The van der Waals surface area contributed by atoms with E-state index in [1.165, 1.54) is 0 Å². The third-order valence-corrected chi connectivity index (χ3v) is 9.47. The minimum Gasteiger partial charge on any atom is -0.494 e. The van der Waals surface area contributed by atoms with Gasteiger partial charge in [-0.15, -0.1) is 10.2 Å². The summed E-state index contributed by atoms with van der Waals surface area (Å²) >= 11 is 0. The molecule has 1 fully saturated rings. The largest absolute Gasteiger partial charge is 0.494 e. The van der Waals surface area contributed by atoms with E-state index in [9.17, 15) is 9.59 Å². The number of amides is 2. The highest BCUT2D eigenvalue weighted by atomic mass is 16.5. The Morgan fingerprint density at radius 1 is 1.04 bits per heavy atom. The number of ether oxygens (including phenoxy) is 1. The fourth-order valence-electron chi connectivity index (χ4n) is 6.80. The molecular formula is C36H49N7O3. The molecule has 2 aromatic carbocycles. The third kappa shape index (κ3) is 7.48. The Balaban J connectivity index is 1.49. The van der Waals surface area contributed by atoms with Gasteiger partial charge in [-0.05, 0) is 104 Å². The second-order valence-electron chi connectivity index (χ2n) is 15.0. The van der Waals surface area contributed by atoms with E-state index in [2.05, 4.69) is 72.4 Å². The van der Waals surface area contributed by atoms with E-state index in [-0.39, 0.29) is 35.2 Å². The summed E-state index contributed by atoms with van der Waals surface area (Å²) in [6.07, 6.45) is 5.38. The van der Waals surface area contributed by atoms with Crippen LogP contribution in [-0.2, 0) is 11.3 Å². The molecular weight excluding hydrogens is 578 g/mol. The van der Waals surface area contributed by atoms with Gasteiger partial charge in [0.1, 0.15) is 17.1 Å². The number of aromatic amines is 1. The first-order valence-electron chi connectivity index (χ1n) is 16.6. The van der Waals surface area contributed by atoms with Crippen LogP contribution in [0.15, 0.2) is 53.5 Å². The minimum atomic E-state index is -0.615. The lowest BCUT2D eigenvalue weighted by Gasteiger charge is -2.47. The van der Waals surface area contributed by atoms with E-state index >= 15 is 0 Å².